The summed E-state index contributed by atoms with van der Waals surface area (Å²) in [6, 6.07) is 5.30. The number of hydrogen-bond acceptors (Lipinski definition) is 4. The lowest BCUT2D eigenvalue weighted by molar-refractivity contribution is -0.122. The summed E-state index contributed by atoms with van der Waals surface area (Å²) < 4.78 is 32.2. The van der Waals surface area contributed by atoms with E-state index in [4.69, 9.17) is 10.2 Å². The van der Waals surface area contributed by atoms with Gasteiger partial charge in [-0.25, -0.2) is 13.8 Å². The number of alkyl halides is 1. The highest BCUT2D eigenvalue weighted by Crippen LogP contribution is 2.25. The van der Waals surface area contributed by atoms with Crippen LogP contribution in [0.15, 0.2) is 34.9 Å². The second kappa shape index (κ2) is 5.84. The monoisotopic (exact) mass is 307 g/mol. The number of carbonyl (C=O) groups excluding carboxylic acids is 1. The lowest BCUT2D eigenvalue weighted by atomic mass is 10.2. The highest BCUT2D eigenvalue weighted by molar-refractivity contribution is 5.80. The summed E-state index contributed by atoms with van der Waals surface area (Å²) in [6.45, 7) is 0.300. The van der Waals surface area contributed by atoms with Gasteiger partial charge in [-0.15, -0.1) is 0 Å². The molecule has 0 spiro atoms. The van der Waals surface area contributed by atoms with E-state index in [0.717, 1.165) is 0 Å². The smallest absolute Gasteiger partial charge is 0.234 e. The molecule has 0 aliphatic carbocycles. The zero-order valence-corrected chi connectivity index (χ0v) is 11.7. The van der Waals surface area contributed by atoms with Gasteiger partial charge in [0, 0.05) is 18.5 Å². The molecular formula is C15H15F2N3O2. The van der Waals surface area contributed by atoms with Gasteiger partial charge in [-0.05, 0) is 12.1 Å². The summed E-state index contributed by atoms with van der Waals surface area (Å²) in [5, 5.41) is 0. The number of oxazole rings is 1. The number of carbonyl (C=O) groups is 1. The Morgan fingerprint density at radius 2 is 2.32 bits per heavy atom. The van der Waals surface area contributed by atoms with E-state index in [9.17, 15) is 13.6 Å². The average Bonchev–Trinajstić information content (AvgIpc) is 3.06. The Bertz CT molecular complexity index is 689. The third-order valence-electron chi connectivity index (χ3n) is 3.68. The Kier molecular flexibility index (Phi) is 3.89. The molecule has 1 saturated heterocycles. The number of rotatable bonds is 4. The molecule has 1 aliphatic heterocycles. The van der Waals surface area contributed by atoms with Gasteiger partial charge in [-0.1, -0.05) is 12.1 Å². The van der Waals surface area contributed by atoms with Gasteiger partial charge in [0.15, 0.2) is 5.76 Å². The Morgan fingerprint density at radius 1 is 1.50 bits per heavy atom. The lowest BCUT2D eigenvalue weighted by Gasteiger charge is -2.19. The first-order valence-corrected chi connectivity index (χ1v) is 6.91. The van der Waals surface area contributed by atoms with E-state index < -0.39 is 18.1 Å². The molecule has 1 amide bonds. The van der Waals surface area contributed by atoms with Crippen LogP contribution in [-0.4, -0.2) is 34.5 Å². The van der Waals surface area contributed by atoms with Gasteiger partial charge in [0.25, 0.3) is 0 Å². The number of hydrogen-bond donors (Lipinski definition) is 1. The third-order valence-corrected chi connectivity index (χ3v) is 3.68. The Labute approximate surface area is 125 Å². The first-order valence-electron chi connectivity index (χ1n) is 6.91. The second-order valence-electron chi connectivity index (χ2n) is 5.31. The zero-order valence-electron chi connectivity index (χ0n) is 11.7. The molecule has 5 nitrogen and oxygen atoms in total. The largest absolute Gasteiger partial charge is 0.439 e. The number of halogens is 2. The highest BCUT2D eigenvalue weighted by Gasteiger charge is 2.36. The number of nitrogens with two attached hydrogens (primary N) is 1. The summed E-state index contributed by atoms with van der Waals surface area (Å²) in [6.07, 6.45) is 0.481. The third kappa shape index (κ3) is 2.99. The summed E-state index contributed by atoms with van der Waals surface area (Å²) in [5.74, 6) is -0.179. The maximum atomic E-state index is 13.5. The van der Waals surface area contributed by atoms with Crippen molar-refractivity contribution in [2.75, 3.05) is 6.54 Å². The molecule has 22 heavy (non-hydrogen) atoms. The second-order valence-corrected chi connectivity index (χ2v) is 5.31. The van der Waals surface area contributed by atoms with Crippen molar-refractivity contribution in [3.05, 3.63) is 42.2 Å². The molecule has 2 N–H and O–H groups in total. The van der Waals surface area contributed by atoms with Crippen LogP contribution in [0.3, 0.4) is 0 Å². The number of aromatic nitrogens is 1. The molecule has 1 aliphatic rings. The van der Waals surface area contributed by atoms with Crippen molar-refractivity contribution in [2.45, 2.75) is 25.2 Å². The van der Waals surface area contributed by atoms with Crippen LogP contribution in [0, 0.1) is 5.82 Å². The molecule has 0 unspecified atom stereocenters. The number of primary amides is 1. The molecule has 1 aromatic heterocycles. The van der Waals surface area contributed by atoms with Crippen LogP contribution >= 0.6 is 0 Å². The number of benzene rings is 1. The minimum absolute atomic E-state index is 0.0901. The predicted octanol–water partition coefficient (Wildman–Crippen LogP) is 1.88. The zero-order chi connectivity index (χ0) is 15.7. The van der Waals surface area contributed by atoms with E-state index >= 15 is 0 Å². The van der Waals surface area contributed by atoms with Crippen LogP contribution in [0.1, 0.15) is 12.3 Å². The standard InChI is InChI=1S/C15H15F2N3O2/c16-10-3-1-2-9(4-10)13-6-19-14(22-13)8-20-7-11(17)5-12(20)15(18)21/h1-4,6,11-12H,5,7-8H2,(H2,18,21)/t11-,12+/m1/s1. The van der Waals surface area contributed by atoms with E-state index in [0.29, 0.717) is 17.2 Å². The summed E-state index contributed by atoms with van der Waals surface area (Å²) in [4.78, 5) is 17.0. The SMILES string of the molecule is NC(=O)[C@@H]1C[C@@H](F)CN1Cc1ncc(-c2cccc(F)c2)o1. The van der Waals surface area contributed by atoms with Crippen molar-refractivity contribution in [3.8, 4) is 11.3 Å². The minimum atomic E-state index is -1.09. The fraction of sp³-hybridized carbons (Fsp3) is 0.333. The molecular weight excluding hydrogens is 292 g/mol. The van der Waals surface area contributed by atoms with Crippen LogP contribution in [0.4, 0.5) is 8.78 Å². The lowest BCUT2D eigenvalue weighted by Crippen LogP contribution is -2.39. The van der Waals surface area contributed by atoms with E-state index in [1.165, 1.54) is 18.3 Å². The highest BCUT2D eigenvalue weighted by atomic mass is 19.1. The number of likely N-dealkylation sites (tertiary alicyclic amines) is 1. The first kappa shape index (κ1) is 14.6. The van der Waals surface area contributed by atoms with Crippen LogP contribution in [0.25, 0.3) is 11.3 Å². The molecule has 7 heteroatoms. The fourth-order valence-electron chi connectivity index (χ4n) is 2.65. The van der Waals surface area contributed by atoms with E-state index in [2.05, 4.69) is 4.98 Å². The van der Waals surface area contributed by atoms with Crippen molar-refractivity contribution in [3.63, 3.8) is 0 Å². The Balaban J connectivity index is 1.76. The van der Waals surface area contributed by atoms with E-state index in [1.807, 2.05) is 0 Å². The van der Waals surface area contributed by atoms with E-state index in [-0.39, 0.29) is 25.3 Å². The predicted molar refractivity (Wildman–Crippen MR) is 74.8 cm³/mol. The number of nitrogens with zero attached hydrogens (tertiary/aromatic N) is 2. The van der Waals surface area contributed by atoms with Crippen molar-refractivity contribution < 1.29 is 18.0 Å². The molecule has 2 heterocycles. The van der Waals surface area contributed by atoms with Gasteiger partial charge in [-0.2, -0.15) is 0 Å². The molecule has 2 atom stereocenters. The normalized spacial score (nSPS) is 22.1. The van der Waals surface area contributed by atoms with Crippen LogP contribution in [0.2, 0.25) is 0 Å². The van der Waals surface area contributed by atoms with Crippen LogP contribution in [0.5, 0.6) is 0 Å². The average molecular weight is 307 g/mol. The fourth-order valence-corrected chi connectivity index (χ4v) is 2.65. The van der Waals surface area contributed by atoms with Crippen molar-refractivity contribution >= 4 is 5.91 Å². The van der Waals surface area contributed by atoms with Gasteiger partial charge in [0.1, 0.15) is 12.0 Å². The van der Waals surface area contributed by atoms with Crippen molar-refractivity contribution in [2.24, 2.45) is 5.73 Å². The van der Waals surface area contributed by atoms with Crippen LogP contribution < -0.4 is 5.73 Å². The summed E-state index contributed by atoms with van der Waals surface area (Å²) >= 11 is 0. The van der Waals surface area contributed by atoms with Gasteiger partial charge >= 0.3 is 0 Å². The molecule has 0 radical (unpaired) electrons. The minimum Gasteiger partial charge on any atom is -0.439 e. The quantitative estimate of drug-likeness (QED) is 0.936. The molecule has 1 aromatic carbocycles. The maximum absolute atomic E-state index is 13.5. The van der Waals surface area contributed by atoms with Gasteiger partial charge < -0.3 is 10.2 Å². The molecule has 0 bridgehead atoms. The molecule has 2 aromatic rings. The van der Waals surface area contributed by atoms with Gasteiger partial charge in [0.2, 0.25) is 11.8 Å². The first-order chi connectivity index (χ1) is 10.5. The Morgan fingerprint density at radius 3 is 3.05 bits per heavy atom. The van der Waals surface area contributed by atoms with Crippen LogP contribution in [-0.2, 0) is 11.3 Å². The molecule has 1 fully saturated rings. The Hall–Kier alpha value is -2.28. The molecule has 3 rings (SSSR count). The molecule has 0 saturated carbocycles. The van der Waals surface area contributed by atoms with Gasteiger partial charge in [0.05, 0.1) is 18.8 Å². The summed E-state index contributed by atoms with van der Waals surface area (Å²) in [7, 11) is 0. The topological polar surface area (TPSA) is 72.4 Å². The van der Waals surface area contributed by atoms with Crippen molar-refractivity contribution in [1.29, 1.82) is 0 Å². The molecule has 116 valence electrons. The van der Waals surface area contributed by atoms with E-state index in [1.54, 1.807) is 17.0 Å². The maximum Gasteiger partial charge on any atom is 0.234 e. The van der Waals surface area contributed by atoms with Gasteiger partial charge in [-0.3, -0.25) is 9.69 Å². The summed E-state index contributed by atoms with van der Waals surface area (Å²) in [5.41, 5.74) is 5.84. The van der Waals surface area contributed by atoms with Crippen molar-refractivity contribution in [1.82, 2.24) is 9.88 Å². The number of amides is 1.